The fourth-order valence-electron chi connectivity index (χ4n) is 1.29. The van der Waals surface area contributed by atoms with Crippen molar-refractivity contribution < 1.29 is 0 Å². The lowest BCUT2D eigenvalue weighted by atomic mass is 9.38. The molecular weight excluding hydrogens is 109 g/mol. The van der Waals surface area contributed by atoms with E-state index >= 15 is 0 Å². The third-order valence-electron chi connectivity index (χ3n) is 2.23. The van der Waals surface area contributed by atoms with E-state index in [1.165, 1.54) is 12.6 Å². The van der Waals surface area contributed by atoms with E-state index in [-0.39, 0.29) is 0 Å². The summed E-state index contributed by atoms with van der Waals surface area (Å²) in [7, 11) is 0. The lowest BCUT2D eigenvalue weighted by molar-refractivity contribution is 0.886. The predicted molar refractivity (Wildman–Crippen MR) is 45.2 cm³/mol. The van der Waals surface area contributed by atoms with Gasteiger partial charge in [-0.25, -0.2) is 0 Å². The molecule has 0 rings (SSSR count). The molecule has 1 atom stereocenters. The highest BCUT2D eigenvalue weighted by molar-refractivity contribution is 6.60. The van der Waals surface area contributed by atoms with Crippen LogP contribution in [0.4, 0.5) is 0 Å². The smallest absolute Gasteiger partial charge is 0.143 e. The van der Waals surface area contributed by atoms with Crippen LogP contribution in [-0.4, -0.2) is 13.3 Å². The number of hydrogen-bond acceptors (Lipinski definition) is 1. The van der Waals surface area contributed by atoms with E-state index in [2.05, 4.69) is 20.8 Å². The molecule has 2 heteroatoms. The Morgan fingerprint density at radius 3 is 1.89 bits per heavy atom. The Balaban J connectivity index is 3.50. The summed E-state index contributed by atoms with van der Waals surface area (Å²) in [5.41, 5.74) is 5.52. The van der Waals surface area contributed by atoms with Gasteiger partial charge in [-0.05, 0) is 6.54 Å². The van der Waals surface area contributed by atoms with Crippen LogP contribution < -0.4 is 5.73 Å². The van der Waals surface area contributed by atoms with Gasteiger partial charge in [0.25, 0.3) is 0 Å². The number of hydrogen-bond donors (Lipinski definition) is 1. The SMILES string of the molecule is CCB(CC)C(C)CN. The van der Waals surface area contributed by atoms with Gasteiger partial charge in [0, 0.05) is 0 Å². The molecule has 0 aliphatic heterocycles. The van der Waals surface area contributed by atoms with Crippen LogP contribution in [-0.2, 0) is 0 Å². The maximum Gasteiger partial charge on any atom is 0.143 e. The second kappa shape index (κ2) is 4.86. The molecule has 0 saturated heterocycles. The van der Waals surface area contributed by atoms with Crippen LogP contribution in [0.5, 0.6) is 0 Å². The molecule has 0 bridgehead atoms. The van der Waals surface area contributed by atoms with Gasteiger partial charge in [-0.1, -0.05) is 39.2 Å². The summed E-state index contributed by atoms with van der Waals surface area (Å²) in [6.07, 6.45) is 2.55. The van der Waals surface area contributed by atoms with E-state index in [4.69, 9.17) is 5.73 Å². The highest BCUT2D eigenvalue weighted by Crippen LogP contribution is 2.13. The summed E-state index contributed by atoms with van der Waals surface area (Å²) in [6, 6.07) is 0. The van der Waals surface area contributed by atoms with E-state index in [1.54, 1.807) is 0 Å². The van der Waals surface area contributed by atoms with Crippen molar-refractivity contribution in [2.24, 2.45) is 5.73 Å². The second-order valence-electron chi connectivity index (χ2n) is 2.79. The maximum absolute atomic E-state index is 5.52. The summed E-state index contributed by atoms with van der Waals surface area (Å²) in [4.78, 5) is 0. The molecule has 0 aromatic carbocycles. The molecule has 0 heterocycles. The summed E-state index contributed by atoms with van der Waals surface area (Å²) in [5.74, 6) is 0.708. The lowest BCUT2D eigenvalue weighted by Crippen LogP contribution is -2.22. The van der Waals surface area contributed by atoms with Gasteiger partial charge < -0.3 is 5.73 Å². The predicted octanol–water partition coefficient (Wildman–Crippen LogP) is 1.87. The molecule has 0 saturated carbocycles. The Kier molecular flexibility index (Phi) is 4.88. The van der Waals surface area contributed by atoms with E-state index in [0.717, 1.165) is 13.3 Å². The van der Waals surface area contributed by atoms with Crippen LogP contribution in [0.25, 0.3) is 0 Å². The van der Waals surface area contributed by atoms with E-state index in [9.17, 15) is 0 Å². The fourth-order valence-corrected chi connectivity index (χ4v) is 1.29. The number of rotatable bonds is 4. The topological polar surface area (TPSA) is 26.0 Å². The van der Waals surface area contributed by atoms with Crippen molar-refractivity contribution in [2.45, 2.75) is 39.2 Å². The third kappa shape index (κ3) is 2.90. The van der Waals surface area contributed by atoms with Gasteiger partial charge in [0.15, 0.2) is 0 Å². The van der Waals surface area contributed by atoms with Gasteiger partial charge in [-0.15, -0.1) is 0 Å². The minimum Gasteiger partial charge on any atom is -0.331 e. The standard InChI is InChI=1S/C7H18BN/c1-4-8(5-2)7(3)6-9/h7H,4-6,9H2,1-3H3. The zero-order valence-corrected chi connectivity index (χ0v) is 6.85. The van der Waals surface area contributed by atoms with Crippen LogP contribution in [0.3, 0.4) is 0 Å². The first-order chi connectivity index (χ1) is 4.26. The van der Waals surface area contributed by atoms with Gasteiger partial charge in [0.2, 0.25) is 0 Å². The first-order valence-electron chi connectivity index (χ1n) is 3.96. The van der Waals surface area contributed by atoms with Crippen LogP contribution in [0.15, 0.2) is 0 Å². The monoisotopic (exact) mass is 127 g/mol. The van der Waals surface area contributed by atoms with E-state index in [0.29, 0.717) is 5.82 Å². The number of nitrogens with two attached hydrogens (primary N) is 1. The van der Waals surface area contributed by atoms with E-state index < -0.39 is 0 Å². The van der Waals surface area contributed by atoms with Gasteiger partial charge >= 0.3 is 0 Å². The average molecular weight is 127 g/mol. The van der Waals surface area contributed by atoms with Crippen molar-refractivity contribution in [1.29, 1.82) is 0 Å². The minimum absolute atomic E-state index is 0.708. The molecule has 2 N–H and O–H groups in total. The Morgan fingerprint density at radius 2 is 1.78 bits per heavy atom. The molecule has 1 unspecified atom stereocenters. The van der Waals surface area contributed by atoms with Crippen molar-refractivity contribution in [3.8, 4) is 0 Å². The molecule has 1 nitrogen and oxygen atoms in total. The molecule has 54 valence electrons. The first kappa shape index (κ1) is 9.02. The highest BCUT2D eigenvalue weighted by Gasteiger charge is 2.14. The van der Waals surface area contributed by atoms with Gasteiger partial charge in [-0.2, -0.15) is 0 Å². The van der Waals surface area contributed by atoms with Crippen LogP contribution >= 0.6 is 0 Å². The van der Waals surface area contributed by atoms with Crippen molar-refractivity contribution in [1.82, 2.24) is 0 Å². The molecule has 0 amide bonds. The minimum atomic E-state index is 0.708. The summed E-state index contributed by atoms with van der Waals surface area (Å²) in [6.45, 7) is 8.39. The quantitative estimate of drug-likeness (QED) is 0.573. The lowest BCUT2D eigenvalue weighted by Gasteiger charge is -2.14. The molecule has 0 radical (unpaired) electrons. The van der Waals surface area contributed by atoms with Crippen molar-refractivity contribution in [3.05, 3.63) is 0 Å². The molecule has 0 fully saturated rings. The van der Waals surface area contributed by atoms with Gasteiger partial charge in [0.05, 0.1) is 0 Å². The molecule has 0 aliphatic carbocycles. The molecule has 0 spiro atoms. The largest absolute Gasteiger partial charge is 0.331 e. The molecule has 0 aliphatic rings. The average Bonchev–Trinajstić information content (AvgIpc) is 1.90. The van der Waals surface area contributed by atoms with Crippen molar-refractivity contribution in [3.63, 3.8) is 0 Å². The van der Waals surface area contributed by atoms with Crippen molar-refractivity contribution in [2.75, 3.05) is 6.54 Å². The molecular formula is C7H18BN. The fraction of sp³-hybridized carbons (Fsp3) is 1.00. The Labute approximate surface area is 59.1 Å². The summed E-state index contributed by atoms with van der Waals surface area (Å²) >= 11 is 0. The highest BCUT2D eigenvalue weighted by atomic mass is 14.5. The summed E-state index contributed by atoms with van der Waals surface area (Å²) < 4.78 is 0. The van der Waals surface area contributed by atoms with Gasteiger partial charge in [0.1, 0.15) is 6.71 Å². The van der Waals surface area contributed by atoms with Crippen LogP contribution in [0.2, 0.25) is 18.5 Å². The molecule has 0 aromatic heterocycles. The van der Waals surface area contributed by atoms with Crippen molar-refractivity contribution >= 4 is 6.71 Å². The normalized spacial score (nSPS) is 13.3. The third-order valence-corrected chi connectivity index (χ3v) is 2.23. The summed E-state index contributed by atoms with van der Waals surface area (Å²) in [5, 5.41) is 0. The Bertz CT molecular complexity index is 61.9. The van der Waals surface area contributed by atoms with E-state index in [1.807, 2.05) is 0 Å². The maximum atomic E-state index is 5.52. The first-order valence-corrected chi connectivity index (χ1v) is 3.96. The van der Waals surface area contributed by atoms with Gasteiger partial charge in [-0.3, -0.25) is 0 Å². The second-order valence-corrected chi connectivity index (χ2v) is 2.79. The Hall–Kier alpha value is 0.0249. The van der Waals surface area contributed by atoms with Crippen LogP contribution in [0, 0.1) is 0 Å². The zero-order chi connectivity index (χ0) is 7.28. The Morgan fingerprint density at radius 1 is 1.33 bits per heavy atom. The molecule has 9 heavy (non-hydrogen) atoms. The molecule has 0 aromatic rings. The van der Waals surface area contributed by atoms with Crippen LogP contribution in [0.1, 0.15) is 20.8 Å². The zero-order valence-electron chi connectivity index (χ0n) is 6.85.